The number of ether oxygens (including phenoxy) is 2. The fourth-order valence-corrected chi connectivity index (χ4v) is 6.22. The number of urea groups is 1. The standard InChI is InChI=1S/C32H41N5O6/c1-3-43-27-17-26(30(40)42-2)25(21-4-5-21)16-23(27)19-36-14-10-32(11-15-36)18-28(38)37(20-32)24-8-6-22(7-9-24)29(39)34-12-13-35-31(33)41/h6-9,16-17,21H,3-5,10-15,18-20H2,1-2H3,(H,34,39)(H3,33,35,41). The van der Waals surface area contributed by atoms with E-state index in [1.54, 1.807) is 12.1 Å². The van der Waals surface area contributed by atoms with Gasteiger partial charge < -0.3 is 30.7 Å². The zero-order valence-electron chi connectivity index (χ0n) is 24.9. The van der Waals surface area contributed by atoms with Crippen LogP contribution in [0.1, 0.15) is 76.8 Å². The van der Waals surface area contributed by atoms with Gasteiger partial charge in [-0.1, -0.05) is 0 Å². The molecule has 1 saturated carbocycles. The number of piperidine rings is 1. The molecule has 11 heteroatoms. The number of hydrogen-bond donors (Lipinski definition) is 3. The van der Waals surface area contributed by atoms with Gasteiger partial charge in [0.2, 0.25) is 5.91 Å². The van der Waals surface area contributed by atoms with Gasteiger partial charge in [0.25, 0.3) is 5.91 Å². The molecule has 3 aliphatic rings. The van der Waals surface area contributed by atoms with Gasteiger partial charge in [-0.3, -0.25) is 14.5 Å². The van der Waals surface area contributed by atoms with Gasteiger partial charge in [0.1, 0.15) is 5.75 Å². The summed E-state index contributed by atoms with van der Waals surface area (Å²) in [7, 11) is 1.41. The van der Waals surface area contributed by atoms with Crippen molar-refractivity contribution in [1.29, 1.82) is 0 Å². The van der Waals surface area contributed by atoms with Crippen LogP contribution in [-0.2, 0) is 16.1 Å². The first kappa shape index (κ1) is 30.3. The average Bonchev–Trinajstić information content (AvgIpc) is 3.80. The Bertz CT molecular complexity index is 1370. The second kappa shape index (κ2) is 13.0. The molecule has 0 unspecified atom stereocenters. The zero-order valence-corrected chi connectivity index (χ0v) is 24.9. The molecular formula is C32H41N5O6. The molecule has 2 aromatic carbocycles. The van der Waals surface area contributed by atoms with Crippen LogP contribution >= 0.6 is 0 Å². The molecule has 0 radical (unpaired) electrons. The predicted octanol–water partition coefficient (Wildman–Crippen LogP) is 3.17. The number of anilines is 1. The second-order valence-electron chi connectivity index (χ2n) is 11.8. The molecule has 2 heterocycles. The molecule has 1 spiro atoms. The summed E-state index contributed by atoms with van der Waals surface area (Å²) in [6.45, 7) is 6.09. The summed E-state index contributed by atoms with van der Waals surface area (Å²) in [6.07, 6.45) is 4.50. The van der Waals surface area contributed by atoms with Gasteiger partial charge in [0.15, 0.2) is 0 Å². The number of hydrogen-bond acceptors (Lipinski definition) is 7. The van der Waals surface area contributed by atoms with Gasteiger partial charge in [-0.25, -0.2) is 9.59 Å². The molecule has 11 nitrogen and oxygen atoms in total. The molecule has 3 fully saturated rings. The van der Waals surface area contributed by atoms with E-state index in [0.717, 1.165) is 67.9 Å². The summed E-state index contributed by atoms with van der Waals surface area (Å²) in [6, 6.07) is 10.4. The summed E-state index contributed by atoms with van der Waals surface area (Å²) in [5.41, 5.74) is 8.97. The van der Waals surface area contributed by atoms with Crippen LogP contribution in [0.5, 0.6) is 5.75 Å². The van der Waals surface area contributed by atoms with Crippen LogP contribution in [0.4, 0.5) is 10.5 Å². The molecule has 4 N–H and O–H groups in total. The largest absolute Gasteiger partial charge is 0.494 e. The maximum absolute atomic E-state index is 13.1. The van der Waals surface area contributed by atoms with Crippen LogP contribution in [-0.4, -0.2) is 75.2 Å². The molecule has 0 atom stereocenters. The molecule has 5 rings (SSSR count). The molecular weight excluding hydrogens is 550 g/mol. The van der Waals surface area contributed by atoms with Crippen molar-refractivity contribution in [3.05, 3.63) is 58.7 Å². The average molecular weight is 592 g/mol. The third kappa shape index (κ3) is 7.10. The van der Waals surface area contributed by atoms with E-state index < -0.39 is 6.03 Å². The van der Waals surface area contributed by atoms with Crippen molar-refractivity contribution in [2.45, 2.75) is 51.5 Å². The number of nitrogens with two attached hydrogens (primary N) is 1. The van der Waals surface area contributed by atoms with Gasteiger partial charge >= 0.3 is 12.0 Å². The second-order valence-corrected chi connectivity index (χ2v) is 11.8. The molecule has 2 aliphatic heterocycles. The Morgan fingerprint density at radius 1 is 1.05 bits per heavy atom. The van der Waals surface area contributed by atoms with Crippen LogP contribution < -0.4 is 26.0 Å². The molecule has 1 aliphatic carbocycles. The topological polar surface area (TPSA) is 143 Å². The molecule has 2 saturated heterocycles. The molecule has 230 valence electrons. The van der Waals surface area contributed by atoms with Crippen LogP contribution in [0.25, 0.3) is 0 Å². The lowest BCUT2D eigenvalue weighted by atomic mass is 9.77. The van der Waals surface area contributed by atoms with Crippen LogP contribution in [0.2, 0.25) is 0 Å². The quantitative estimate of drug-likeness (QED) is 0.269. The number of likely N-dealkylation sites (tertiary alicyclic amines) is 1. The smallest absolute Gasteiger partial charge is 0.338 e. The van der Waals surface area contributed by atoms with Crippen molar-refractivity contribution in [3.8, 4) is 5.75 Å². The number of nitrogens with zero attached hydrogens (tertiary/aromatic N) is 2. The SMILES string of the molecule is CCOc1cc(C(=O)OC)c(C2CC2)cc1CN1CCC2(CC1)CC(=O)N(c1ccc(C(=O)NCCNC(N)=O)cc1)C2. The molecule has 4 amide bonds. The van der Waals surface area contributed by atoms with Gasteiger partial charge in [-0.15, -0.1) is 0 Å². The maximum Gasteiger partial charge on any atom is 0.338 e. The Labute approximate surface area is 252 Å². The highest BCUT2D eigenvalue weighted by molar-refractivity contribution is 5.98. The van der Waals surface area contributed by atoms with Gasteiger partial charge in [-0.05, 0) is 99.0 Å². The zero-order chi connectivity index (χ0) is 30.6. The van der Waals surface area contributed by atoms with E-state index in [2.05, 4.69) is 21.6 Å². The summed E-state index contributed by atoms with van der Waals surface area (Å²) in [5.74, 6) is 0.657. The van der Waals surface area contributed by atoms with Crippen molar-refractivity contribution in [1.82, 2.24) is 15.5 Å². The lowest BCUT2D eigenvalue weighted by molar-refractivity contribution is -0.118. The number of nitrogens with one attached hydrogen (secondary N) is 2. The van der Waals surface area contributed by atoms with Crippen LogP contribution in [0.15, 0.2) is 36.4 Å². The van der Waals surface area contributed by atoms with E-state index >= 15 is 0 Å². The Morgan fingerprint density at radius 3 is 2.37 bits per heavy atom. The minimum absolute atomic E-state index is 0.0757. The predicted molar refractivity (Wildman–Crippen MR) is 161 cm³/mol. The van der Waals surface area contributed by atoms with E-state index in [9.17, 15) is 19.2 Å². The van der Waals surface area contributed by atoms with Crippen LogP contribution in [0, 0.1) is 5.41 Å². The van der Waals surface area contributed by atoms with Crippen molar-refractivity contribution in [2.75, 3.05) is 51.3 Å². The highest BCUT2D eigenvalue weighted by atomic mass is 16.5. The normalized spacial score (nSPS) is 18.0. The highest BCUT2D eigenvalue weighted by Gasteiger charge is 2.45. The summed E-state index contributed by atoms with van der Waals surface area (Å²) < 4.78 is 11.0. The fraction of sp³-hybridized carbons (Fsp3) is 0.500. The number of amides is 4. The lowest BCUT2D eigenvalue weighted by Gasteiger charge is -2.39. The van der Waals surface area contributed by atoms with E-state index in [1.807, 2.05) is 30.0 Å². The Balaban J connectivity index is 1.19. The van der Waals surface area contributed by atoms with E-state index in [4.69, 9.17) is 15.2 Å². The number of methoxy groups -OCH3 is 1. The maximum atomic E-state index is 13.1. The van der Waals surface area contributed by atoms with Gasteiger partial charge in [0.05, 0.1) is 19.3 Å². The first-order chi connectivity index (χ1) is 20.7. The number of rotatable bonds is 11. The Morgan fingerprint density at radius 2 is 1.74 bits per heavy atom. The summed E-state index contributed by atoms with van der Waals surface area (Å²) in [5, 5.41) is 5.16. The van der Waals surface area contributed by atoms with Crippen molar-refractivity contribution < 1.29 is 28.7 Å². The molecule has 2 aromatic rings. The minimum Gasteiger partial charge on any atom is -0.494 e. The number of esters is 1. The number of benzene rings is 2. The Hall–Kier alpha value is -4.12. The summed E-state index contributed by atoms with van der Waals surface area (Å²) in [4.78, 5) is 53.0. The van der Waals surface area contributed by atoms with E-state index in [-0.39, 0.29) is 36.3 Å². The van der Waals surface area contributed by atoms with Gasteiger partial charge in [-0.2, -0.15) is 0 Å². The van der Waals surface area contributed by atoms with Crippen LogP contribution in [0.3, 0.4) is 0 Å². The van der Waals surface area contributed by atoms with Crippen molar-refractivity contribution >= 4 is 29.5 Å². The van der Waals surface area contributed by atoms with Crippen molar-refractivity contribution in [2.24, 2.45) is 11.1 Å². The molecule has 0 bridgehead atoms. The number of primary amides is 1. The first-order valence-corrected chi connectivity index (χ1v) is 15.0. The summed E-state index contributed by atoms with van der Waals surface area (Å²) >= 11 is 0. The first-order valence-electron chi connectivity index (χ1n) is 15.0. The van der Waals surface area contributed by atoms with E-state index in [0.29, 0.717) is 36.6 Å². The monoisotopic (exact) mass is 591 g/mol. The molecule has 43 heavy (non-hydrogen) atoms. The minimum atomic E-state index is -0.637. The Kier molecular flexibility index (Phi) is 9.19. The third-order valence-corrected chi connectivity index (χ3v) is 8.74. The van der Waals surface area contributed by atoms with Crippen molar-refractivity contribution in [3.63, 3.8) is 0 Å². The van der Waals surface area contributed by atoms with Gasteiger partial charge in [0, 0.05) is 49.4 Å². The lowest BCUT2D eigenvalue weighted by Crippen LogP contribution is -2.41. The highest BCUT2D eigenvalue weighted by Crippen LogP contribution is 2.45. The fourth-order valence-electron chi connectivity index (χ4n) is 6.22. The molecule has 0 aromatic heterocycles. The number of carbonyl (C=O) groups is 4. The number of carbonyl (C=O) groups excluding carboxylic acids is 4. The van der Waals surface area contributed by atoms with E-state index in [1.165, 1.54) is 7.11 Å². The third-order valence-electron chi connectivity index (χ3n) is 8.74.